The van der Waals surface area contributed by atoms with E-state index in [9.17, 15) is 5.11 Å². The molecule has 3 heteroatoms. The predicted molar refractivity (Wildman–Crippen MR) is 75.5 cm³/mol. The Labute approximate surface area is 110 Å². The minimum atomic E-state index is -0.0818. The van der Waals surface area contributed by atoms with E-state index in [0.29, 0.717) is 5.92 Å². The van der Waals surface area contributed by atoms with Crippen molar-refractivity contribution < 1.29 is 5.11 Å². The van der Waals surface area contributed by atoms with E-state index in [-0.39, 0.29) is 6.10 Å². The zero-order valence-electron chi connectivity index (χ0n) is 11.1. The number of aliphatic hydroxyl groups is 1. The molecule has 1 N–H and O–H groups in total. The number of aliphatic hydroxyl groups excluding tert-OH is 1. The van der Waals surface area contributed by atoms with E-state index < -0.39 is 0 Å². The van der Waals surface area contributed by atoms with E-state index in [1.165, 1.54) is 44.3 Å². The van der Waals surface area contributed by atoms with E-state index >= 15 is 0 Å². The van der Waals surface area contributed by atoms with Crippen LogP contribution in [0, 0.1) is 11.8 Å². The van der Waals surface area contributed by atoms with Crippen LogP contribution >= 0.6 is 11.8 Å². The first-order valence-corrected chi connectivity index (χ1v) is 8.35. The topological polar surface area (TPSA) is 23.5 Å². The number of β-amino-alcohol motifs (C(OH)–C–C–N with tert-alkyl or cyclic N) is 1. The molecule has 17 heavy (non-hydrogen) atoms. The van der Waals surface area contributed by atoms with Crippen LogP contribution in [-0.4, -0.2) is 47.8 Å². The van der Waals surface area contributed by atoms with Crippen LogP contribution in [0.3, 0.4) is 0 Å². The number of thioether (sulfide) groups is 1. The van der Waals surface area contributed by atoms with Crippen molar-refractivity contribution in [2.45, 2.75) is 44.6 Å². The Hall–Kier alpha value is 0.270. The largest absolute Gasteiger partial charge is 0.391 e. The molecule has 1 saturated heterocycles. The van der Waals surface area contributed by atoms with Gasteiger partial charge in [-0.05, 0) is 37.3 Å². The number of likely N-dealkylation sites (N-methyl/N-ethyl adjacent to an activating group) is 1. The van der Waals surface area contributed by atoms with Crippen LogP contribution in [0.5, 0.6) is 0 Å². The first-order chi connectivity index (χ1) is 8.25. The molecule has 2 atom stereocenters. The fraction of sp³-hybridized carbons (Fsp3) is 1.00. The second-order valence-corrected chi connectivity index (χ2v) is 7.02. The molecule has 0 bridgehead atoms. The maximum Gasteiger partial charge on any atom is 0.0715 e. The van der Waals surface area contributed by atoms with Crippen LogP contribution in [0.15, 0.2) is 0 Å². The van der Waals surface area contributed by atoms with Crippen molar-refractivity contribution in [2.24, 2.45) is 11.8 Å². The summed E-state index contributed by atoms with van der Waals surface area (Å²) in [7, 11) is 2.11. The van der Waals surface area contributed by atoms with Gasteiger partial charge in [0.25, 0.3) is 0 Å². The lowest BCUT2D eigenvalue weighted by atomic mass is 10.0. The first-order valence-electron chi connectivity index (χ1n) is 7.20. The predicted octanol–water partition coefficient (Wildman–Crippen LogP) is 2.61. The highest BCUT2D eigenvalue weighted by molar-refractivity contribution is 7.99. The zero-order valence-corrected chi connectivity index (χ0v) is 11.9. The van der Waals surface area contributed by atoms with Gasteiger partial charge in [-0.3, -0.25) is 0 Å². The second-order valence-electron chi connectivity index (χ2n) is 5.94. The van der Waals surface area contributed by atoms with Gasteiger partial charge in [0.1, 0.15) is 0 Å². The van der Waals surface area contributed by atoms with Crippen molar-refractivity contribution in [3.05, 3.63) is 0 Å². The van der Waals surface area contributed by atoms with Crippen LogP contribution < -0.4 is 0 Å². The maximum atomic E-state index is 9.89. The molecule has 1 saturated carbocycles. The SMILES string of the molecule is CN1C[C@H](CSCC2CCCCCC2)[C@@H](O)C1. The van der Waals surface area contributed by atoms with E-state index in [2.05, 4.69) is 23.7 Å². The fourth-order valence-corrected chi connectivity index (χ4v) is 4.58. The van der Waals surface area contributed by atoms with Crippen molar-refractivity contribution >= 4 is 11.8 Å². The van der Waals surface area contributed by atoms with Crippen molar-refractivity contribution in [1.82, 2.24) is 4.90 Å². The van der Waals surface area contributed by atoms with Gasteiger partial charge in [0.05, 0.1) is 6.10 Å². The van der Waals surface area contributed by atoms with Gasteiger partial charge >= 0.3 is 0 Å². The molecule has 1 aliphatic carbocycles. The number of rotatable bonds is 4. The Morgan fingerprint density at radius 2 is 1.76 bits per heavy atom. The van der Waals surface area contributed by atoms with Crippen LogP contribution in [0.2, 0.25) is 0 Å². The first kappa shape index (κ1) is 13.7. The third-order valence-electron chi connectivity index (χ3n) is 4.25. The molecule has 0 radical (unpaired) electrons. The van der Waals surface area contributed by atoms with Gasteiger partial charge in [-0.1, -0.05) is 25.7 Å². The lowest BCUT2D eigenvalue weighted by molar-refractivity contribution is 0.152. The number of hydrogen-bond acceptors (Lipinski definition) is 3. The quantitative estimate of drug-likeness (QED) is 0.783. The molecule has 0 unspecified atom stereocenters. The molecule has 0 aromatic carbocycles. The second kappa shape index (κ2) is 7.01. The lowest BCUT2D eigenvalue weighted by Crippen LogP contribution is -2.20. The standard InChI is InChI=1S/C14H27NOS/c1-15-8-13(14(16)9-15)11-17-10-12-6-4-2-3-5-7-12/h12-14,16H,2-11H2,1H3/t13-,14+/m1/s1. The number of likely N-dealkylation sites (tertiary alicyclic amines) is 1. The van der Waals surface area contributed by atoms with Gasteiger partial charge in [-0.2, -0.15) is 11.8 Å². The molecule has 1 heterocycles. The Bertz CT molecular complexity index is 216. The summed E-state index contributed by atoms with van der Waals surface area (Å²) in [5.74, 6) is 3.95. The molecule has 100 valence electrons. The summed E-state index contributed by atoms with van der Waals surface area (Å²) >= 11 is 2.09. The van der Waals surface area contributed by atoms with Gasteiger partial charge in [0.2, 0.25) is 0 Å². The highest BCUT2D eigenvalue weighted by Gasteiger charge is 2.28. The fourth-order valence-electron chi connectivity index (χ4n) is 3.15. The summed E-state index contributed by atoms with van der Waals surface area (Å²) in [4.78, 5) is 2.25. The molecule has 0 amide bonds. The molecule has 0 aromatic rings. The van der Waals surface area contributed by atoms with E-state index in [1.54, 1.807) is 0 Å². The van der Waals surface area contributed by atoms with E-state index in [4.69, 9.17) is 0 Å². The van der Waals surface area contributed by atoms with Crippen LogP contribution in [0.1, 0.15) is 38.5 Å². The molecule has 2 fully saturated rings. The minimum absolute atomic E-state index is 0.0818. The molecule has 0 spiro atoms. The van der Waals surface area contributed by atoms with Crippen molar-refractivity contribution in [2.75, 3.05) is 31.6 Å². The third-order valence-corrected chi connectivity index (χ3v) is 5.62. The molecule has 2 nitrogen and oxygen atoms in total. The van der Waals surface area contributed by atoms with Gasteiger partial charge in [0, 0.05) is 19.0 Å². The average Bonchev–Trinajstić information content (AvgIpc) is 2.54. The Morgan fingerprint density at radius 1 is 1.06 bits per heavy atom. The highest BCUT2D eigenvalue weighted by Crippen LogP contribution is 2.28. The summed E-state index contributed by atoms with van der Waals surface area (Å²) in [6.07, 6.45) is 8.60. The molecule has 2 rings (SSSR count). The van der Waals surface area contributed by atoms with Crippen LogP contribution in [0.4, 0.5) is 0 Å². The van der Waals surface area contributed by atoms with E-state index in [0.717, 1.165) is 24.8 Å². The highest BCUT2D eigenvalue weighted by atomic mass is 32.2. The molecule has 0 aromatic heterocycles. The normalized spacial score (nSPS) is 32.8. The Kier molecular flexibility index (Phi) is 5.64. The molecular weight excluding hydrogens is 230 g/mol. The van der Waals surface area contributed by atoms with Crippen molar-refractivity contribution in [3.63, 3.8) is 0 Å². The van der Waals surface area contributed by atoms with Gasteiger partial charge in [0.15, 0.2) is 0 Å². The van der Waals surface area contributed by atoms with Gasteiger partial charge in [-0.25, -0.2) is 0 Å². The Balaban J connectivity index is 1.61. The number of hydrogen-bond donors (Lipinski definition) is 1. The molecule has 1 aliphatic heterocycles. The maximum absolute atomic E-state index is 9.89. The lowest BCUT2D eigenvalue weighted by Gasteiger charge is -2.16. The molecule has 2 aliphatic rings. The third kappa shape index (κ3) is 4.46. The zero-order chi connectivity index (χ0) is 12.1. The van der Waals surface area contributed by atoms with Crippen LogP contribution in [0.25, 0.3) is 0 Å². The van der Waals surface area contributed by atoms with Gasteiger partial charge < -0.3 is 10.0 Å². The van der Waals surface area contributed by atoms with Crippen molar-refractivity contribution in [3.8, 4) is 0 Å². The minimum Gasteiger partial charge on any atom is -0.391 e. The smallest absolute Gasteiger partial charge is 0.0715 e. The Morgan fingerprint density at radius 3 is 2.35 bits per heavy atom. The molecular formula is C14H27NOS. The van der Waals surface area contributed by atoms with Gasteiger partial charge in [-0.15, -0.1) is 0 Å². The average molecular weight is 257 g/mol. The van der Waals surface area contributed by atoms with Crippen LogP contribution in [-0.2, 0) is 0 Å². The summed E-state index contributed by atoms with van der Waals surface area (Å²) < 4.78 is 0. The monoisotopic (exact) mass is 257 g/mol. The number of nitrogens with zero attached hydrogens (tertiary/aromatic N) is 1. The van der Waals surface area contributed by atoms with Crippen molar-refractivity contribution in [1.29, 1.82) is 0 Å². The summed E-state index contributed by atoms with van der Waals surface area (Å²) in [5.41, 5.74) is 0. The van der Waals surface area contributed by atoms with E-state index in [1.807, 2.05) is 0 Å². The summed E-state index contributed by atoms with van der Waals surface area (Å²) in [6.45, 7) is 1.95. The summed E-state index contributed by atoms with van der Waals surface area (Å²) in [6, 6.07) is 0. The summed E-state index contributed by atoms with van der Waals surface area (Å²) in [5, 5.41) is 9.89.